The third-order valence-electron chi connectivity index (χ3n) is 7.06. The molecule has 2 bridgehead atoms. The molecule has 6 atom stereocenters. The average molecular weight is 326 g/mol. The highest BCUT2D eigenvalue weighted by Crippen LogP contribution is 2.74. The largest absolute Gasteiger partial charge is 0.461 e. The van der Waals surface area contributed by atoms with E-state index >= 15 is 0 Å². The Hall–Kier alpha value is -1.68. The van der Waals surface area contributed by atoms with Gasteiger partial charge in [0.1, 0.15) is 17.1 Å². The lowest BCUT2D eigenvalue weighted by atomic mass is 9.60. The summed E-state index contributed by atoms with van der Waals surface area (Å²) in [4.78, 5) is 26.5. The normalized spacial score (nSPS) is 50.9. The van der Waals surface area contributed by atoms with Crippen molar-refractivity contribution in [3.8, 4) is 0 Å². The van der Waals surface area contributed by atoms with Crippen LogP contribution in [0, 0.1) is 17.3 Å². The van der Waals surface area contributed by atoms with Crippen LogP contribution in [0.15, 0.2) is 35.5 Å². The third-order valence-corrected chi connectivity index (χ3v) is 7.06. The number of hydrogen-bond donors (Lipinski definition) is 0. The Kier molecular flexibility index (Phi) is 2.40. The number of hydrogen-bond acceptors (Lipinski definition) is 4. The maximum absolute atomic E-state index is 13.4. The zero-order valence-corrected chi connectivity index (χ0v) is 14.3. The molecule has 3 heterocycles. The van der Waals surface area contributed by atoms with E-state index in [9.17, 15) is 9.59 Å². The predicted octanol–water partition coefficient (Wildman–Crippen LogP) is 2.89. The number of carbonyl (C=O) groups excluding carboxylic acids is 2. The molecule has 1 saturated carbocycles. The van der Waals surface area contributed by atoms with Gasteiger partial charge in [-0.15, -0.1) is 0 Å². The minimum Gasteiger partial charge on any atom is -0.461 e. The van der Waals surface area contributed by atoms with Crippen molar-refractivity contribution in [2.24, 2.45) is 17.3 Å². The topological polar surface area (TPSA) is 52.6 Å². The number of ether oxygens (including phenoxy) is 2. The Morgan fingerprint density at radius 2 is 2.04 bits per heavy atom. The second-order valence-electron chi connectivity index (χ2n) is 8.37. The predicted molar refractivity (Wildman–Crippen MR) is 87.0 cm³/mol. The summed E-state index contributed by atoms with van der Waals surface area (Å²) in [6.07, 6.45) is 6.01. The van der Waals surface area contributed by atoms with Crippen LogP contribution >= 0.6 is 0 Å². The molecule has 3 spiro atoms. The summed E-state index contributed by atoms with van der Waals surface area (Å²) in [5.41, 5.74) is 0.104. The molecule has 0 aromatic heterocycles. The van der Waals surface area contributed by atoms with Gasteiger partial charge in [0.2, 0.25) is 0 Å². The minimum atomic E-state index is -1.13. The molecule has 0 aromatic rings. The van der Waals surface area contributed by atoms with Crippen molar-refractivity contribution in [3.05, 3.63) is 35.5 Å². The second kappa shape index (κ2) is 3.93. The van der Waals surface area contributed by atoms with Crippen molar-refractivity contribution in [1.29, 1.82) is 0 Å². The van der Waals surface area contributed by atoms with Gasteiger partial charge in [0.25, 0.3) is 0 Å². The van der Waals surface area contributed by atoms with Gasteiger partial charge in [-0.05, 0) is 51.3 Å². The zero-order chi connectivity index (χ0) is 17.1. The first-order chi connectivity index (χ1) is 11.3. The van der Waals surface area contributed by atoms with Crippen LogP contribution in [-0.4, -0.2) is 29.1 Å². The van der Waals surface area contributed by atoms with E-state index in [0.29, 0.717) is 12.0 Å². The maximum atomic E-state index is 13.4. The van der Waals surface area contributed by atoms with Crippen molar-refractivity contribution in [3.63, 3.8) is 0 Å². The van der Waals surface area contributed by atoms with Crippen LogP contribution in [0.1, 0.15) is 40.0 Å². The Balaban J connectivity index is 1.88. The van der Waals surface area contributed by atoms with Crippen LogP contribution in [0.4, 0.5) is 0 Å². The molecule has 4 heteroatoms. The highest BCUT2D eigenvalue weighted by atomic mass is 16.6. The van der Waals surface area contributed by atoms with E-state index in [0.717, 1.165) is 24.0 Å². The van der Waals surface area contributed by atoms with E-state index in [4.69, 9.17) is 9.47 Å². The molecule has 5 aliphatic rings. The Morgan fingerprint density at radius 3 is 2.75 bits per heavy atom. The number of rotatable bonds is 1. The van der Waals surface area contributed by atoms with Gasteiger partial charge in [0, 0.05) is 12.3 Å². The molecule has 0 radical (unpaired) electrons. The van der Waals surface area contributed by atoms with Gasteiger partial charge in [-0.2, -0.15) is 0 Å². The Morgan fingerprint density at radius 1 is 1.29 bits per heavy atom. The van der Waals surface area contributed by atoms with Gasteiger partial charge >= 0.3 is 5.97 Å². The van der Waals surface area contributed by atoms with Crippen molar-refractivity contribution < 1.29 is 19.1 Å². The minimum absolute atomic E-state index is 0.0447. The molecule has 4 nitrogen and oxygen atoms in total. The lowest BCUT2D eigenvalue weighted by molar-refractivity contribution is -0.177. The van der Waals surface area contributed by atoms with Gasteiger partial charge in [-0.3, -0.25) is 9.59 Å². The van der Waals surface area contributed by atoms with Crippen LogP contribution in [-0.2, 0) is 19.1 Å². The van der Waals surface area contributed by atoms with Gasteiger partial charge < -0.3 is 9.47 Å². The number of Topliss-reactive ketones (excluding diaryl/α,β-unsaturated/α-hetero) is 1. The first-order valence-corrected chi connectivity index (χ1v) is 8.78. The summed E-state index contributed by atoms with van der Waals surface area (Å²) in [5, 5.41) is 0. The van der Waals surface area contributed by atoms with Crippen LogP contribution in [0.2, 0.25) is 0 Å². The average Bonchev–Trinajstić information content (AvgIpc) is 3.01. The SMILES string of the molecule is C=C(C)[C@@H]1CC[C@@]23C(=O)O[C@H]4CC(C)=C[C@@]5(C=C(C)C(=O)[C@@]12O5)[C@H]43. The molecular formula is C20H22O4. The first-order valence-electron chi connectivity index (χ1n) is 8.78. The molecule has 2 aliphatic carbocycles. The summed E-state index contributed by atoms with van der Waals surface area (Å²) >= 11 is 0. The van der Waals surface area contributed by atoms with E-state index < -0.39 is 16.6 Å². The molecule has 3 aliphatic heterocycles. The quantitative estimate of drug-likeness (QED) is 0.549. The Bertz CT molecular complexity index is 789. The van der Waals surface area contributed by atoms with Gasteiger partial charge in [-0.25, -0.2) is 0 Å². The molecule has 0 N–H and O–H groups in total. The molecule has 0 aromatic carbocycles. The molecule has 24 heavy (non-hydrogen) atoms. The third kappa shape index (κ3) is 1.21. The highest BCUT2D eigenvalue weighted by Gasteiger charge is 2.86. The molecule has 2 saturated heterocycles. The fraction of sp³-hybridized carbons (Fsp3) is 0.600. The second-order valence-corrected chi connectivity index (χ2v) is 8.37. The van der Waals surface area contributed by atoms with E-state index in [1.54, 1.807) is 0 Å². The zero-order valence-electron chi connectivity index (χ0n) is 14.3. The van der Waals surface area contributed by atoms with Crippen LogP contribution < -0.4 is 0 Å². The van der Waals surface area contributed by atoms with Crippen LogP contribution in [0.5, 0.6) is 0 Å². The molecule has 5 rings (SSSR count). The van der Waals surface area contributed by atoms with Gasteiger partial charge in [-0.1, -0.05) is 17.7 Å². The van der Waals surface area contributed by atoms with E-state index in [-0.39, 0.29) is 29.7 Å². The van der Waals surface area contributed by atoms with E-state index in [2.05, 4.69) is 12.7 Å². The Labute approximate surface area is 141 Å². The molecule has 126 valence electrons. The highest BCUT2D eigenvalue weighted by molar-refractivity contribution is 6.09. The van der Waals surface area contributed by atoms with Gasteiger partial charge in [0.15, 0.2) is 11.4 Å². The lowest BCUT2D eigenvalue weighted by Crippen LogP contribution is -2.57. The van der Waals surface area contributed by atoms with Crippen LogP contribution in [0.3, 0.4) is 0 Å². The standard InChI is InChI=1S/C20H22O4/c1-10(2)13-5-6-19-15-14(23-17(19)22)7-11(3)8-18(15)9-12(4)16(21)20(13,19)24-18/h8-9,13-15H,1,5-7H2,2-4H3/t13-,14-,15-,18+,19+,20-/m0/s1. The van der Waals surface area contributed by atoms with Crippen molar-refractivity contribution in [2.45, 2.75) is 57.3 Å². The van der Waals surface area contributed by atoms with Crippen LogP contribution in [0.25, 0.3) is 0 Å². The van der Waals surface area contributed by atoms with Gasteiger partial charge in [0.05, 0.1) is 5.92 Å². The van der Waals surface area contributed by atoms with E-state index in [1.165, 1.54) is 0 Å². The molecular weight excluding hydrogens is 304 g/mol. The summed E-state index contributed by atoms with van der Waals surface area (Å²) in [6.45, 7) is 9.96. The number of esters is 1. The fourth-order valence-corrected chi connectivity index (χ4v) is 6.55. The summed E-state index contributed by atoms with van der Waals surface area (Å²) < 4.78 is 12.5. The maximum Gasteiger partial charge on any atom is 0.316 e. The summed E-state index contributed by atoms with van der Waals surface area (Å²) in [7, 11) is 0. The van der Waals surface area contributed by atoms with Crippen molar-refractivity contribution in [2.75, 3.05) is 0 Å². The lowest BCUT2D eigenvalue weighted by Gasteiger charge is -2.43. The monoisotopic (exact) mass is 326 g/mol. The first kappa shape index (κ1) is 14.6. The molecule has 3 fully saturated rings. The summed E-state index contributed by atoms with van der Waals surface area (Å²) in [5.74, 6) is -0.512. The van der Waals surface area contributed by atoms with E-state index in [1.807, 2.05) is 26.8 Å². The van der Waals surface area contributed by atoms with Crippen molar-refractivity contribution in [1.82, 2.24) is 0 Å². The number of carbonyl (C=O) groups is 2. The van der Waals surface area contributed by atoms with Crippen molar-refractivity contribution >= 4 is 11.8 Å². The number of ketones is 1. The fourth-order valence-electron chi connectivity index (χ4n) is 6.55. The summed E-state index contributed by atoms with van der Waals surface area (Å²) in [6, 6.07) is 0. The smallest absolute Gasteiger partial charge is 0.316 e. The molecule has 0 amide bonds. The molecule has 0 unspecified atom stereocenters.